The lowest BCUT2D eigenvalue weighted by molar-refractivity contribution is -0.134. The Kier molecular flexibility index (Phi) is 5.23. The molecule has 26 heavy (non-hydrogen) atoms. The number of aromatic nitrogens is 3. The number of nitrogens with zero attached hydrogens (tertiary/aromatic N) is 2. The third-order valence-corrected chi connectivity index (χ3v) is 3.62. The smallest absolute Gasteiger partial charge is 0.322 e. The van der Waals surface area contributed by atoms with Crippen molar-refractivity contribution in [3.63, 3.8) is 0 Å². The number of carbonyl (C=O) groups is 1. The van der Waals surface area contributed by atoms with Crippen LogP contribution in [0.1, 0.15) is 11.1 Å². The van der Waals surface area contributed by atoms with Crippen LogP contribution in [0.15, 0.2) is 48.8 Å². The lowest BCUT2D eigenvalue weighted by atomic mass is 10.1. The number of ether oxygens (including phenoxy) is 1. The summed E-state index contributed by atoms with van der Waals surface area (Å²) in [6.07, 6.45) is 4.47. The average Bonchev–Trinajstić information content (AvgIpc) is 3.20. The molecule has 0 atom stereocenters. The van der Waals surface area contributed by atoms with Gasteiger partial charge in [-0.25, -0.2) is 0 Å². The number of anilines is 1. The number of aliphatic carboxylic acids is 1. The van der Waals surface area contributed by atoms with Gasteiger partial charge in [0.05, 0.1) is 17.6 Å². The molecule has 0 fully saturated rings. The number of H-pyrrole nitrogens is 1. The monoisotopic (exact) mass is 351 g/mol. The van der Waals surface area contributed by atoms with Crippen molar-refractivity contribution in [2.24, 2.45) is 0 Å². The zero-order valence-electron chi connectivity index (χ0n) is 13.8. The van der Waals surface area contributed by atoms with Gasteiger partial charge in [-0.1, -0.05) is 6.07 Å². The summed E-state index contributed by atoms with van der Waals surface area (Å²) in [6, 6.07) is 10.8. The molecule has 0 saturated carbocycles. The second-order valence-corrected chi connectivity index (χ2v) is 5.45. The van der Waals surface area contributed by atoms with Crippen LogP contribution in [0.4, 0.5) is 5.69 Å². The number of carboxylic acids is 1. The van der Waals surface area contributed by atoms with Crippen molar-refractivity contribution in [2.45, 2.75) is 6.61 Å². The summed E-state index contributed by atoms with van der Waals surface area (Å²) in [5, 5.41) is 25.7. The van der Waals surface area contributed by atoms with Crippen molar-refractivity contribution in [3.8, 4) is 17.1 Å². The first kappa shape index (κ1) is 17.2. The maximum Gasteiger partial charge on any atom is 0.322 e. The molecule has 0 radical (unpaired) electrons. The highest BCUT2D eigenvalue weighted by atomic mass is 16.5. The van der Waals surface area contributed by atoms with Gasteiger partial charge in [0, 0.05) is 23.7 Å². The summed E-state index contributed by atoms with van der Waals surface area (Å²) in [7, 11) is 0. The summed E-state index contributed by atoms with van der Waals surface area (Å²) in [5.74, 6) is -0.336. The van der Waals surface area contributed by atoms with Crippen molar-refractivity contribution in [1.29, 1.82) is 5.41 Å². The van der Waals surface area contributed by atoms with Gasteiger partial charge < -0.3 is 20.6 Å². The minimum atomic E-state index is -0.959. The van der Waals surface area contributed by atoms with Crippen molar-refractivity contribution >= 4 is 17.9 Å². The van der Waals surface area contributed by atoms with Crippen LogP contribution in [0.3, 0.4) is 0 Å². The quantitative estimate of drug-likeness (QED) is 0.462. The summed E-state index contributed by atoms with van der Waals surface area (Å²) in [5.41, 5.74) is 3.66. The molecule has 8 heteroatoms. The minimum absolute atomic E-state index is 0.203. The third kappa shape index (κ3) is 4.23. The molecule has 0 aliphatic heterocycles. The van der Waals surface area contributed by atoms with Crippen molar-refractivity contribution in [3.05, 3.63) is 59.9 Å². The van der Waals surface area contributed by atoms with E-state index in [1.54, 1.807) is 24.5 Å². The molecule has 0 aliphatic rings. The number of rotatable bonds is 8. The van der Waals surface area contributed by atoms with Crippen LogP contribution in [0.5, 0.6) is 5.75 Å². The molecule has 2 heterocycles. The zero-order valence-corrected chi connectivity index (χ0v) is 13.8. The molecule has 0 amide bonds. The molecule has 2 aromatic heterocycles. The molecule has 0 aliphatic carbocycles. The van der Waals surface area contributed by atoms with Gasteiger partial charge in [0.15, 0.2) is 0 Å². The van der Waals surface area contributed by atoms with E-state index in [0.29, 0.717) is 23.6 Å². The van der Waals surface area contributed by atoms with Crippen LogP contribution >= 0.6 is 0 Å². The molecular weight excluding hydrogens is 334 g/mol. The maximum atomic E-state index is 10.6. The summed E-state index contributed by atoms with van der Waals surface area (Å²) in [4.78, 5) is 15.0. The highest BCUT2D eigenvalue weighted by molar-refractivity contribution is 5.87. The van der Waals surface area contributed by atoms with Gasteiger partial charge >= 0.3 is 5.97 Å². The number of carboxylic acid groups (broad SMARTS) is 1. The minimum Gasteiger partial charge on any atom is -0.487 e. The largest absolute Gasteiger partial charge is 0.487 e. The molecular formula is C18H17N5O3. The average molecular weight is 351 g/mol. The first-order chi connectivity index (χ1) is 12.7. The van der Waals surface area contributed by atoms with E-state index in [0.717, 1.165) is 17.0 Å². The lowest BCUT2D eigenvalue weighted by Crippen LogP contribution is -2.13. The van der Waals surface area contributed by atoms with Gasteiger partial charge in [0.2, 0.25) is 0 Å². The molecule has 4 N–H and O–H groups in total. The molecule has 0 saturated heterocycles. The van der Waals surface area contributed by atoms with Crippen LogP contribution in [-0.2, 0) is 11.4 Å². The number of aromatic amines is 1. The molecule has 8 nitrogen and oxygen atoms in total. The van der Waals surface area contributed by atoms with E-state index in [1.807, 2.05) is 24.3 Å². The number of hydrogen-bond acceptors (Lipinski definition) is 6. The molecule has 0 spiro atoms. The van der Waals surface area contributed by atoms with Gasteiger partial charge in [0.25, 0.3) is 0 Å². The number of nitrogens with one attached hydrogen (secondary N) is 3. The van der Waals surface area contributed by atoms with E-state index in [4.69, 9.17) is 15.3 Å². The number of benzene rings is 1. The Bertz CT molecular complexity index is 892. The molecule has 0 unspecified atom stereocenters. The van der Waals surface area contributed by atoms with Gasteiger partial charge in [0.1, 0.15) is 18.9 Å². The van der Waals surface area contributed by atoms with E-state index >= 15 is 0 Å². The fourth-order valence-electron chi connectivity index (χ4n) is 2.34. The first-order valence-electron chi connectivity index (χ1n) is 7.83. The van der Waals surface area contributed by atoms with E-state index < -0.39 is 5.97 Å². The summed E-state index contributed by atoms with van der Waals surface area (Å²) in [6.45, 7) is 0.107. The Labute approximate surface area is 149 Å². The standard InChI is InChI=1S/C18H17N5O3/c19-8-13-7-12(1-3-15(13)21-10-18(24)25)11-26-14-2-4-16(20-9-14)17-5-6-22-23-17/h1-9,19,21H,10-11H2,(H,22,23)(H,24,25). The first-order valence-corrected chi connectivity index (χ1v) is 7.83. The SMILES string of the molecule is N=Cc1cc(COc2ccc(-c3ccn[nH]3)nc2)ccc1NCC(=O)O. The predicted molar refractivity (Wildman–Crippen MR) is 96.6 cm³/mol. The Balaban J connectivity index is 1.64. The Hall–Kier alpha value is -3.68. The third-order valence-electron chi connectivity index (χ3n) is 3.62. The Morgan fingerprint density at radius 1 is 1.31 bits per heavy atom. The molecule has 1 aromatic carbocycles. The second kappa shape index (κ2) is 7.93. The van der Waals surface area contributed by atoms with Gasteiger partial charge in [-0.15, -0.1) is 0 Å². The summed E-state index contributed by atoms with van der Waals surface area (Å²) >= 11 is 0. The van der Waals surface area contributed by atoms with Crippen molar-refractivity contribution in [1.82, 2.24) is 15.2 Å². The van der Waals surface area contributed by atoms with Gasteiger partial charge in [-0.2, -0.15) is 5.10 Å². The van der Waals surface area contributed by atoms with Gasteiger partial charge in [-0.05, 0) is 35.9 Å². The number of hydrogen-bond donors (Lipinski definition) is 4. The molecule has 0 bridgehead atoms. The van der Waals surface area contributed by atoms with Crippen LogP contribution in [0, 0.1) is 5.41 Å². The fourth-order valence-corrected chi connectivity index (χ4v) is 2.34. The second-order valence-electron chi connectivity index (χ2n) is 5.45. The van der Waals surface area contributed by atoms with E-state index in [-0.39, 0.29) is 6.54 Å². The Morgan fingerprint density at radius 3 is 2.85 bits per heavy atom. The van der Waals surface area contributed by atoms with Gasteiger partial charge in [-0.3, -0.25) is 14.9 Å². The lowest BCUT2D eigenvalue weighted by Gasteiger charge is -2.11. The molecule has 132 valence electrons. The van der Waals surface area contributed by atoms with E-state index in [9.17, 15) is 4.79 Å². The highest BCUT2D eigenvalue weighted by Crippen LogP contribution is 2.20. The van der Waals surface area contributed by atoms with Crippen molar-refractivity contribution in [2.75, 3.05) is 11.9 Å². The van der Waals surface area contributed by atoms with Crippen LogP contribution in [0.2, 0.25) is 0 Å². The fraction of sp³-hybridized carbons (Fsp3) is 0.111. The summed E-state index contributed by atoms with van der Waals surface area (Å²) < 4.78 is 5.72. The zero-order chi connectivity index (χ0) is 18.4. The van der Waals surface area contributed by atoms with E-state index in [2.05, 4.69) is 20.5 Å². The predicted octanol–water partition coefficient (Wildman–Crippen LogP) is 2.54. The van der Waals surface area contributed by atoms with Crippen LogP contribution in [-0.4, -0.2) is 39.0 Å². The van der Waals surface area contributed by atoms with Crippen LogP contribution < -0.4 is 10.1 Å². The Morgan fingerprint density at radius 2 is 2.19 bits per heavy atom. The topological polar surface area (TPSA) is 124 Å². The maximum absolute atomic E-state index is 10.6. The van der Waals surface area contributed by atoms with Crippen molar-refractivity contribution < 1.29 is 14.6 Å². The molecule has 3 aromatic rings. The van der Waals surface area contributed by atoms with E-state index in [1.165, 1.54) is 6.21 Å². The van der Waals surface area contributed by atoms with Crippen LogP contribution in [0.25, 0.3) is 11.4 Å². The normalized spacial score (nSPS) is 10.3. The molecule has 3 rings (SSSR count). The number of pyridine rings is 1. The highest BCUT2D eigenvalue weighted by Gasteiger charge is 2.06.